The fraction of sp³-hybridized carbons (Fsp3) is 0.333. The van der Waals surface area contributed by atoms with Crippen LogP contribution in [0.5, 0.6) is 5.75 Å². The zero-order valence-corrected chi connectivity index (χ0v) is 15.7. The second-order valence-corrected chi connectivity index (χ2v) is 7.91. The molecule has 0 saturated carbocycles. The Labute approximate surface area is 158 Å². The van der Waals surface area contributed by atoms with Crippen LogP contribution in [-0.2, 0) is 10.0 Å². The summed E-state index contributed by atoms with van der Waals surface area (Å²) < 4.78 is 33.9. The summed E-state index contributed by atoms with van der Waals surface area (Å²) in [5, 5.41) is 11.2. The van der Waals surface area contributed by atoms with Crippen LogP contribution >= 0.6 is 0 Å². The smallest absolute Gasteiger partial charge is 0.270 e. The maximum Gasteiger partial charge on any atom is 0.270 e. The zero-order chi connectivity index (χ0) is 19.4. The molecule has 27 heavy (non-hydrogen) atoms. The number of hydrogen-bond acceptors (Lipinski definition) is 6. The number of ether oxygens (including phenoxy) is 1. The lowest BCUT2D eigenvalue weighted by Gasteiger charge is -2.30. The summed E-state index contributed by atoms with van der Waals surface area (Å²) in [6.07, 6.45) is 3.00. The quantitative estimate of drug-likeness (QED) is 0.598. The van der Waals surface area contributed by atoms with Crippen molar-refractivity contribution >= 4 is 27.1 Å². The fourth-order valence-electron chi connectivity index (χ4n) is 3.16. The molecule has 0 aromatic heterocycles. The number of methoxy groups -OCH3 is 1. The van der Waals surface area contributed by atoms with Crippen LogP contribution in [0.15, 0.2) is 47.4 Å². The van der Waals surface area contributed by atoms with Gasteiger partial charge in [-0.3, -0.25) is 14.8 Å². The zero-order valence-electron chi connectivity index (χ0n) is 14.9. The summed E-state index contributed by atoms with van der Waals surface area (Å²) >= 11 is 0. The van der Waals surface area contributed by atoms with E-state index < -0.39 is 14.9 Å². The van der Waals surface area contributed by atoms with Gasteiger partial charge in [0.1, 0.15) is 10.6 Å². The molecule has 1 heterocycles. The monoisotopic (exact) mass is 391 g/mol. The van der Waals surface area contributed by atoms with Gasteiger partial charge in [-0.1, -0.05) is 12.1 Å². The third-order valence-corrected chi connectivity index (χ3v) is 5.89. The van der Waals surface area contributed by atoms with Crippen LogP contribution in [0.25, 0.3) is 0 Å². The maximum atomic E-state index is 13.1. The minimum atomic E-state index is -4.06. The molecule has 2 aromatic carbocycles. The van der Waals surface area contributed by atoms with Crippen molar-refractivity contribution in [1.29, 1.82) is 0 Å². The number of benzene rings is 2. The van der Waals surface area contributed by atoms with Gasteiger partial charge in [-0.05, 0) is 37.5 Å². The second-order valence-electron chi connectivity index (χ2n) is 6.26. The number of nitro benzene ring substituents is 1. The summed E-state index contributed by atoms with van der Waals surface area (Å²) in [6.45, 7) is 1.43. The Morgan fingerprint density at radius 1 is 1.11 bits per heavy atom. The van der Waals surface area contributed by atoms with Gasteiger partial charge in [0.05, 0.1) is 23.4 Å². The molecule has 3 rings (SSSR count). The first-order valence-corrected chi connectivity index (χ1v) is 10.1. The topological polar surface area (TPSA) is 102 Å². The van der Waals surface area contributed by atoms with E-state index in [0.29, 0.717) is 11.4 Å². The molecular weight excluding hydrogens is 370 g/mol. The molecule has 0 spiro atoms. The molecule has 2 aromatic rings. The van der Waals surface area contributed by atoms with Gasteiger partial charge in [-0.15, -0.1) is 0 Å². The molecule has 1 aliphatic rings. The van der Waals surface area contributed by atoms with Gasteiger partial charge in [0.15, 0.2) is 0 Å². The van der Waals surface area contributed by atoms with Crippen LogP contribution in [0.4, 0.5) is 17.1 Å². The first kappa shape index (κ1) is 19.0. The molecule has 1 N–H and O–H groups in total. The van der Waals surface area contributed by atoms with Crippen LogP contribution in [0.3, 0.4) is 0 Å². The summed E-state index contributed by atoms with van der Waals surface area (Å²) in [4.78, 5) is 12.4. The second kappa shape index (κ2) is 7.83. The number of anilines is 2. The van der Waals surface area contributed by atoms with Gasteiger partial charge in [-0.2, -0.15) is 0 Å². The Morgan fingerprint density at radius 2 is 1.81 bits per heavy atom. The summed E-state index contributed by atoms with van der Waals surface area (Å²) in [7, 11) is -2.61. The van der Waals surface area contributed by atoms with E-state index in [2.05, 4.69) is 4.72 Å². The average molecular weight is 391 g/mol. The maximum absolute atomic E-state index is 13.1. The van der Waals surface area contributed by atoms with E-state index >= 15 is 0 Å². The van der Waals surface area contributed by atoms with Gasteiger partial charge in [0.25, 0.3) is 15.7 Å². The number of nitrogens with zero attached hydrogens (tertiary/aromatic N) is 2. The van der Waals surface area contributed by atoms with E-state index in [-0.39, 0.29) is 16.3 Å². The summed E-state index contributed by atoms with van der Waals surface area (Å²) in [5.74, 6) is 0.367. The number of para-hydroxylation sites is 2. The Kier molecular flexibility index (Phi) is 5.50. The summed E-state index contributed by atoms with van der Waals surface area (Å²) in [5.41, 5.74) is 0.481. The fourth-order valence-corrected chi connectivity index (χ4v) is 4.47. The third-order valence-electron chi connectivity index (χ3n) is 4.49. The number of rotatable bonds is 6. The molecule has 0 bridgehead atoms. The first-order valence-electron chi connectivity index (χ1n) is 8.61. The predicted octanol–water partition coefficient (Wildman–Crippen LogP) is 3.39. The van der Waals surface area contributed by atoms with Crippen molar-refractivity contribution in [2.75, 3.05) is 29.8 Å². The Morgan fingerprint density at radius 3 is 2.48 bits per heavy atom. The highest BCUT2D eigenvalue weighted by molar-refractivity contribution is 7.93. The first-order chi connectivity index (χ1) is 12.9. The Balaban J connectivity index is 2.06. The molecule has 1 aliphatic heterocycles. The highest BCUT2D eigenvalue weighted by atomic mass is 32.2. The standard InChI is InChI=1S/C18H21N3O5S/c1-26-17-8-4-3-7-15(17)19-27(24,25)18-13-14(21(22)23)9-10-16(18)20-11-5-2-6-12-20/h3-4,7-10,13,19H,2,5-6,11-12H2,1H3. The van der Waals surface area contributed by atoms with Gasteiger partial charge >= 0.3 is 0 Å². The number of non-ortho nitro benzene ring substituents is 1. The molecule has 0 aliphatic carbocycles. The molecule has 0 unspecified atom stereocenters. The van der Waals surface area contributed by atoms with E-state index in [1.165, 1.54) is 19.2 Å². The number of hydrogen-bond donors (Lipinski definition) is 1. The van der Waals surface area contributed by atoms with E-state index in [1.807, 2.05) is 4.90 Å². The van der Waals surface area contributed by atoms with E-state index in [9.17, 15) is 18.5 Å². The highest BCUT2D eigenvalue weighted by Crippen LogP contribution is 2.34. The molecule has 0 amide bonds. The van der Waals surface area contributed by atoms with Crippen molar-refractivity contribution in [3.8, 4) is 5.75 Å². The molecule has 0 atom stereocenters. The van der Waals surface area contributed by atoms with E-state index in [0.717, 1.165) is 38.4 Å². The molecular formula is C18H21N3O5S. The lowest BCUT2D eigenvalue weighted by atomic mass is 10.1. The predicted molar refractivity (Wildman–Crippen MR) is 103 cm³/mol. The Hall–Kier alpha value is -2.81. The molecule has 8 nitrogen and oxygen atoms in total. The molecule has 1 saturated heterocycles. The number of nitro groups is 1. The van der Waals surface area contributed by atoms with Crippen molar-refractivity contribution in [3.63, 3.8) is 0 Å². The van der Waals surface area contributed by atoms with E-state index in [4.69, 9.17) is 4.74 Å². The van der Waals surface area contributed by atoms with Crippen molar-refractivity contribution in [2.45, 2.75) is 24.2 Å². The van der Waals surface area contributed by atoms with Gasteiger partial charge in [0, 0.05) is 25.2 Å². The van der Waals surface area contributed by atoms with Crippen LogP contribution in [0, 0.1) is 10.1 Å². The van der Waals surface area contributed by atoms with Gasteiger partial charge in [-0.25, -0.2) is 8.42 Å². The number of sulfonamides is 1. The molecule has 144 valence electrons. The van der Waals surface area contributed by atoms with Gasteiger partial charge in [0.2, 0.25) is 0 Å². The third kappa shape index (κ3) is 4.13. The van der Waals surface area contributed by atoms with Crippen LogP contribution in [0.1, 0.15) is 19.3 Å². The molecule has 9 heteroatoms. The van der Waals surface area contributed by atoms with Crippen LogP contribution in [-0.4, -0.2) is 33.5 Å². The summed E-state index contributed by atoms with van der Waals surface area (Å²) in [6, 6.07) is 10.6. The van der Waals surface area contributed by atoms with E-state index in [1.54, 1.807) is 24.3 Å². The van der Waals surface area contributed by atoms with Crippen molar-refractivity contribution < 1.29 is 18.1 Å². The van der Waals surface area contributed by atoms with Gasteiger partial charge < -0.3 is 9.64 Å². The molecule has 1 fully saturated rings. The molecule has 0 radical (unpaired) electrons. The van der Waals surface area contributed by atoms with Crippen molar-refractivity contribution in [2.24, 2.45) is 0 Å². The van der Waals surface area contributed by atoms with Crippen molar-refractivity contribution in [3.05, 3.63) is 52.6 Å². The largest absolute Gasteiger partial charge is 0.495 e. The number of piperidine rings is 1. The lowest BCUT2D eigenvalue weighted by Crippen LogP contribution is -2.31. The van der Waals surface area contributed by atoms with Crippen molar-refractivity contribution in [1.82, 2.24) is 0 Å². The number of nitrogens with one attached hydrogen (secondary N) is 1. The minimum absolute atomic E-state index is 0.107. The normalized spacial score (nSPS) is 14.6. The highest BCUT2D eigenvalue weighted by Gasteiger charge is 2.26. The van der Waals surface area contributed by atoms with Crippen LogP contribution in [0.2, 0.25) is 0 Å². The minimum Gasteiger partial charge on any atom is -0.495 e. The lowest BCUT2D eigenvalue weighted by molar-refractivity contribution is -0.385. The SMILES string of the molecule is COc1ccccc1NS(=O)(=O)c1cc([N+](=O)[O-])ccc1N1CCCCC1. The Bertz CT molecular complexity index is 940. The average Bonchev–Trinajstić information content (AvgIpc) is 2.68. The van der Waals surface area contributed by atoms with Crippen LogP contribution < -0.4 is 14.4 Å².